The first-order valence-electron chi connectivity index (χ1n) is 12.4. The van der Waals surface area contributed by atoms with E-state index in [0.29, 0.717) is 29.4 Å². The van der Waals surface area contributed by atoms with Gasteiger partial charge in [-0.25, -0.2) is 9.78 Å². The fraction of sp³-hybridized carbons (Fsp3) is 0.370. The number of anilines is 2. The van der Waals surface area contributed by atoms with E-state index in [1.807, 2.05) is 11.9 Å². The molecule has 0 atom stereocenters. The highest BCUT2D eigenvalue weighted by Gasteiger charge is 2.34. The van der Waals surface area contributed by atoms with Crippen molar-refractivity contribution >= 4 is 36.0 Å². The molecule has 39 heavy (non-hydrogen) atoms. The van der Waals surface area contributed by atoms with Crippen molar-refractivity contribution in [2.24, 2.45) is 4.99 Å². The van der Waals surface area contributed by atoms with Crippen LogP contribution in [-0.4, -0.2) is 73.2 Å². The summed E-state index contributed by atoms with van der Waals surface area (Å²) < 4.78 is 41.6. The number of allylic oxidation sites excluding steroid dienone is 1. The summed E-state index contributed by atoms with van der Waals surface area (Å²) in [7, 11) is 1.82. The Morgan fingerprint density at radius 2 is 1.92 bits per heavy atom. The van der Waals surface area contributed by atoms with Gasteiger partial charge in [-0.15, -0.1) is 11.8 Å². The van der Waals surface area contributed by atoms with E-state index in [9.17, 15) is 18.0 Å². The van der Waals surface area contributed by atoms with Crippen LogP contribution in [0.25, 0.3) is 0 Å². The summed E-state index contributed by atoms with van der Waals surface area (Å²) >= 11 is 1.46. The number of carbonyl (C=O) groups excluding carboxylic acids is 1. The lowest BCUT2D eigenvalue weighted by atomic mass is 10.0. The van der Waals surface area contributed by atoms with Crippen LogP contribution in [0.2, 0.25) is 0 Å². The first-order chi connectivity index (χ1) is 18.7. The van der Waals surface area contributed by atoms with E-state index in [4.69, 9.17) is 0 Å². The number of urea groups is 1. The largest absolute Gasteiger partial charge is 0.416 e. The fourth-order valence-electron chi connectivity index (χ4n) is 3.89. The number of rotatable bonds is 9. The summed E-state index contributed by atoms with van der Waals surface area (Å²) in [5, 5.41) is 8.02. The lowest BCUT2D eigenvalue weighted by molar-refractivity contribution is -0.138. The number of hydrogen-bond acceptors (Lipinski definition) is 7. The molecule has 2 amide bonds. The van der Waals surface area contributed by atoms with E-state index in [-0.39, 0.29) is 23.6 Å². The quantitative estimate of drug-likeness (QED) is 0.235. The first kappa shape index (κ1) is 30.2. The number of thioether (sulfide) groups is 1. The molecule has 3 rings (SSSR count). The Morgan fingerprint density at radius 3 is 2.59 bits per heavy atom. The number of nitrogens with zero attached hydrogens (tertiary/aromatic N) is 4. The average molecular weight is 560 g/mol. The van der Waals surface area contributed by atoms with Crippen LogP contribution in [0.3, 0.4) is 0 Å². The Morgan fingerprint density at radius 1 is 1.18 bits per heavy atom. The van der Waals surface area contributed by atoms with Gasteiger partial charge in [-0.05, 0) is 50.1 Å². The normalized spacial score (nSPS) is 14.8. The van der Waals surface area contributed by atoms with E-state index in [1.165, 1.54) is 30.1 Å². The molecule has 2 heterocycles. The van der Waals surface area contributed by atoms with Crippen LogP contribution < -0.4 is 16.0 Å². The van der Waals surface area contributed by atoms with Crippen LogP contribution in [0.15, 0.2) is 52.6 Å². The highest BCUT2D eigenvalue weighted by atomic mass is 32.2. The maximum atomic E-state index is 13.9. The number of amides is 2. The van der Waals surface area contributed by atoms with Crippen molar-refractivity contribution in [2.45, 2.75) is 19.6 Å². The summed E-state index contributed by atoms with van der Waals surface area (Å²) in [6.45, 7) is 9.72. The number of aliphatic imine (C=N–C) groups is 1. The smallest absolute Gasteiger partial charge is 0.311 e. The van der Waals surface area contributed by atoms with Crippen LogP contribution in [0, 0.1) is 11.8 Å². The van der Waals surface area contributed by atoms with Crippen LogP contribution >= 0.6 is 11.8 Å². The summed E-state index contributed by atoms with van der Waals surface area (Å²) in [6, 6.07) is 6.40. The van der Waals surface area contributed by atoms with Crippen LogP contribution in [0.5, 0.6) is 0 Å². The molecule has 208 valence electrons. The maximum Gasteiger partial charge on any atom is 0.416 e. The second-order valence-electron chi connectivity index (χ2n) is 8.66. The monoisotopic (exact) mass is 559 g/mol. The minimum absolute atomic E-state index is 0.0311. The molecule has 12 heteroatoms. The molecule has 0 unspecified atom stereocenters. The highest BCUT2D eigenvalue weighted by molar-refractivity contribution is 8.03. The van der Waals surface area contributed by atoms with E-state index in [2.05, 4.69) is 56.3 Å². The van der Waals surface area contributed by atoms with Gasteiger partial charge in [0.25, 0.3) is 0 Å². The number of benzene rings is 1. The van der Waals surface area contributed by atoms with Gasteiger partial charge in [0.15, 0.2) is 0 Å². The predicted octanol–water partition coefficient (Wildman–Crippen LogP) is 4.69. The van der Waals surface area contributed by atoms with Crippen LogP contribution in [0.1, 0.15) is 23.6 Å². The molecule has 0 aliphatic carbocycles. The van der Waals surface area contributed by atoms with Gasteiger partial charge in [-0.1, -0.05) is 24.8 Å². The number of aromatic nitrogens is 1. The third-order valence-electron chi connectivity index (χ3n) is 5.89. The minimum atomic E-state index is -4.55. The lowest BCUT2D eigenvalue weighted by Crippen LogP contribution is -2.45. The average Bonchev–Trinajstić information content (AvgIpc) is 2.91. The van der Waals surface area contributed by atoms with Crippen molar-refractivity contribution in [2.75, 3.05) is 56.3 Å². The van der Waals surface area contributed by atoms with E-state index in [1.54, 1.807) is 18.3 Å². The molecule has 1 saturated heterocycles. The predicted molar refractivity (Wildman–Crippen MR) is 152 cm³/mol. The molecule has 1 fully saturated rings. The molecule has 3 N–H and O–H groups in total. The molecule has 1 aliphatic heterocycles. The summed E-state index contributed by atoms with van der Waals surface area (Å²) in [6.07, 6.45) is -1.52. The van der Waals surface area contributed by atoms with Gasteiger partial charge in [0, 0.05) is 62.2 Å². The standard InChI is InChI=1S/C27H32F3N7OS/c1-4-36-11-13-37(14-12-36)18-21-6-7-22(16-24(21)27(28,29)30)34-26(38)35-25-15-20(9-10-33-25)5-8-23(17-31-2)39-19-32-3/h6-7,9-10,15-17,32H,2,4,11-14,18-19H2,1,3H3,(H2,33,34,35,38)/b23-17-. The summed E-state index contributed by atoms with van der Waals surface area (Å²) in [5.41, 5.74) is 0.0364. The Kier molecular flexibility index (Phi) is 11.4. The van der Waals surface area contributed by atoms with Crippen LogP contribution in [0.4, 0.5) is 29.5 Å². The van der Waals surface area contributed by atoms with Crippen molar-refractivity contribution in [3.05, 3.63) is 64.3 Å². The topological polar surface area (TPSA) is 84.9 Å². The van der Waals surface area contributed by atoms with E-state index in [0.717, 1.165) is 25.7 Å². The van der Waals surface area contributed by atoms with Gasteiger partial charge < -0.3 is 15.5 Å². The van der Waals surface area contributed by atoms with E-state index < -0.39 is 17.8 Å². The highest BCUT2D eigenvalue weighted by Crippen LogP contribution is 2.34. The number of hydrogen-bond donors (Lipinski definition) is 3. The third kappa shape index (κ3) is 9.71. The zero-order valence-electron chi connectivity index (χ0n) is 21.9. The first-order valence-corrected chi connectivity index (χ1v) is 13.3. The molecular formula is C27H32F3N7OS. The molecule has 1 aliphatic rings. The number of pyridine rings is 1. The molecule has 0 saturated carbocycles. The number of nitrogens with one attached hydrogen (secondary N) is 3. The SMILES string of the molecule is C=N/C=C(/C#Cc1ccnc(NC(=O)Nc2ccc(CN3CCN(CC)CC3)c(C(F)(F)F)c2)c1)SCNC. The van der Waals surface area contributed by atoms with Gasteiger partial charge in [0.1, 0.15) is 5.82 Å². The van der Waals surface area contributed by atoms with Crippen molar-refractivity contribution in [1.82, 2.24) is 20.1 Å². The van der Waals surface area contributed by atoms with Crippen molar-refractivity contribution in [1.29, 1.82) is 0 Å². The molecule has 0 bridgehead atoms. The molecule has 8 nitrogen and oxygen atoms in total. The van der Waals surface area contributed by atoms with Gasteiger partial charge in [-0.2, -0.15) is 13.2 Å². The third-order valence-corrected chi connectivity index (χ3v) is 6.84. The second kappa shape index (κ2) is 14.7. The second-order valence-corrected chi connectivity index (χ2v) is 9.67. The van der Waals surface area contributed by atoms with E-state index >= 15 is 0 Å². The zero-order chi connectivity index (χ0) is 28.3. The number of likely N-dealkylation sites (N-methyl/N-ethyl adjacent to an activating group) is 1. The number of piperazine rings is 1. The Labute approximate surface area is 231 Å². The molecule has 0 radical (unpaired) electrons. The van der Waals surface area contributed by atoms with Crippen molar-refractivity contribution < 1.29 is 18.0 Å². The summed E-state index contributed by atoms with van der Waals surface area (Å²) in [5.74, 6) is 6.80. The number of alkyl halides is 3. The Balaban J connectivity index is 1.67. The number of halogens is 3. The van der Waals surface area contributed by atoms with Crippen molar-refractivity contribution in [3.63, 3.8) is 0 Å². The van der Waals surface area contributed by atoms with Gasteiger partial charge in [0.05, 0.1) is 10.5 Å². The molecule has 0 spiro atoms. The lowest BCUT2D eigenvalue weighted by Gasteiger charge is -2.34. The maximum absolute atomic E-state index is 13.9. The number of carbonyl (C=O) groups is 1. The van der Waals surface area contributed by atoms with Crippen LogP contribution in [-0.2, 0) is 12.7 Å². The fourth-order valence-corrected chi connectivity index (χ4v) is 4.46. The Bertz CT molecular complexity index is 1230. The summed E-state index contributed by atoms with van der Waals surface area (Å²) in [4.78, 5) is 25.4. The zero-order valence-corrected chi connectivity index (χ0v) is 22.8. The molecular weight excluding hydrogens is 527 g/mol. The molecule has 2 aromatic rings. The molecule has 1 aromatic heterocycles. The Hall–Kier alpha value is -3.37. The molecule has 1 aromatic carbocycles. The van der Waals surface area contributed by atoms with Gasteiger partial charge in [-0.3, -0.25) is 15.2 Å². The minimum Gasteiger partial charge on any atom is -0.311 e. The van der Waals surface area contributed by atoms with Gasteiger partial charge >= 0.3 is 12.2 Å². The van der Waals surface area contributed by atoms with Crippen molar-refractivity contribution in [3.8, 4) is 11.8 Å². The van der Waals surface area contributed by atoms with Gasteiger partial charge in [0.2, 0.25) is 0 Å².